The average Bonchev–Trinajstić information content (AvgIpc) is 3.21. The maximum absolute atomic E-state index is 13.2. The highest BCUT2D eigenvalue weighted by atomic mass is 35.5. The Bertz CT molecular complexity index is 1100. The molecule has 160 valence electrons. The number of carbonyl (C=O) groups excluding carboxylic acids is 1. The van der Waals surface area contributed by atoms with Gasteiger partial charge >= 0.3 is 6.03 Å². The fourth-order valence-electron chi connectivity index (χ4n) is 3.40. The van der Waals surface area contributed by atoms with Crippen LogP contribution in [0.2, 0.25) is 10.0 Å². The summed E-state index contributed by atoms with van der Waals surface area (Å²) in [4.78, 5) is 14.9. The molecule has 0 bridgehead atoms. The van der Waals surface area contributed by atoms with E-state index in [1.807, 2.05) is 55.5 Å². The van der Waals surface area contributed by atoms with E-state index in [1.165, 1.54) is 0 Å². The van der Waals surface area contributed by atoms with Gasteiger partial charge in [-0.15, -0.1) is 0 Å². The second kappa shape index (κ2) is 9.50. The van der Waals surface area contributed by atoms with Gasteiger partial charge in [-0.05, 0) is 60.4 Å². The lowest BCUT2D eigenvalue weighted by Crippen LogP contribution is -2.36. The minimum atomic E-state index is -0.183. The molecule has 0 atom stereocenters. The van der Waals surface area contributed by atoms with Gasteiger partial charge in [-0.2, -0.15) is 0 Å². The van der Waals surface area contributed by atoms with E-state index >= 15 is 0 Å². The van der Waals surface area contributed by atoms with Crippen molar-refractivity contribution in [2.45, 2.75) is 19.9 Å². The van der Waals surface area contributed by atoms with Crippen LogP contribution >= 0.6 is 23.2 Å². The molecular weight excluding hydrogens is 435 g/mol. The third-order valence-corrected chi connectivity index (χ3v) is 5.74. The third-order valence-electron chi connectivity index (χ3n) is 5.15. The van der Waals surface area contributed by atoms with Crippen LogP contribution in [0.5, 0.6) is 11.5 Å². The first-order valence-corrected chi connectivity index (χ1v) is 10.7. The molecule has 2 amide bonds. The Balaban J connectivity index is 1.53. The molecule has 0 saturated heterocycles. The third kappa shape index (κ3) is 5.24. The van der Waals surface area contributed by atoms with Crippen LogP contribution < -0.4 is 14.8 Å². The number of hydrogen-bond donors (Lipinski definition) is 1. The molecule has 0 saturated carbocycles. The van der Waals surface area contributed by atoms with E-state index in [4.69, 9.17) is 32.7 Å². The van der Waals surface area contributed by atoms with Gasteiger partial charge < -0.3 is 19.7 Å². The predicted octanol–water partition coefficient (Wildman–Crippen LogP) is 6.31. The first kappa shape index (κ1) is 21.3. The highest BCUT2D eigenvalue weighted by Crippen LogP contribution is 2.33. The van der Waals surface area contributed by atoms with E-state index in [0.717, 1.165) is 22.4 Å². The number of carbonyl (C=O) groups is 1. The number of aryl methyl sites for hydroxylation is 1. The van der Waals surface area contributed by atoms with E-state index < -0.39 is 0 Å². The zero-order chi connectivity index (χ0) is 21.8. The van der Waals surface area contributed by atoms with E-state index in [-0.39, 0.29) is 12.8 Å². The van der Waals surface area contributed by atoms with Crippen LogP contribution in [0.25, 0.3) is 0 Å². The van der Waals surface area contributed by atoms with Gasteiger partial charge in [0, 0.05) is 28.8 Å². The number of para-hydroxylation sites is 1. The van der Waals surface area contributed by atoms with Crippen LogP contribution in [0.4, 0.5) is 10.5 Å². The Morgan fingerprint density at radius 1 is 1.03 bits per heavy atom. The molecule has 4 rings (SSSR count). The van der Waals surface area contributed by atoms with Crippen molar-refractivity contribution in [3.05, 3.63) is 87.4 Å². The quantitative estimate of drug-likeness (QED) is 0.472. The van der Waals surface area contributed by atoms with Gasteiger partial charge in [-0.25, -0.2) is 4.79 Å². The predicted molar refractivity (Wildman–Crippen MR) is 123 cm³/mol. The first-order valence-electron chi connectivity index (χ1n) is 9.93. The number of hydrogen-bond acceptors (Lipinski definition) is 3. The number of urea groups is 1. The summed E-state index contributed by atoms with van der Waals surface area (Å²) < 4.78 is 10.9. The number of fused-ring (bicyclic) bond motifs is 1. The summed E-state index contributed by atoms with van der Waals surface area (Å²) in [6.07, 6.45) is 0.599. The number of benzene rings is 3. The lowest BCUT2D eigenvalue weighted by molar-refractivity contribution is 0.174. The van der Waals surface area contributed by atoms with E-state index in [1.54, 1.807) is 17.0 Å². The molecule has 1 aliphatic rings. The monoisotopic (exact) mass is 456 g/mol. The highest BCUT2D eigenvalue weighted by Gasteiger charge is 2.19. The molecule has 0 radical (unpaired) electrons. The van der Waals surface area contributed by atoms with Crippen LogP contribution in [0.15, 0.2) is 60.7 Å². The molecule has 1 heterocycles. The summed E-state index contributed by atoms with van der Waals surface area (Å²) in [6.45, 7) is 3.07. The van der Waals surface area contributed by atoms with Crippen LogP contribution in [0, 0.1) is 6.92 Å². The molecule has 7 heteroatoms. The number of nitrogens with zero attached hydrogens (tertiary/aromatic N) is 1. The van der Waals surface area contributed by atoms with Crippen molar-refractivity contribution in [1.82, 2.24) is 4.90 Å². The van der Waals surface area contributed by atoms with Crippen molar-refractivity contribution < 1.29 is 14.3 Å². The second-order valence-corrected chi connectivity index (χ2v) is 8.18. The molecular formula is C24H22Cl2N2O3. The lowest BCUT2D eigenvalue weighted by atomic mass is 10.1. The van der Waals surface area contributed by atoms with Gasteiger partial charge in [0.2, 0.25) is 6.79 Å². The van der Waals surface area contributed by atoms with Gasteiger partial charge in [0.15, 0.2) is 11.5 Å². The van der Waals surface area contributed by atoms with Crippen molar-refractivity contribution in [3.63, 3.8) is 0 Å². The van der Waals surface area contributed by atoms with Crippen LogP contribution in [-0.2, 0) is 13.0 Å². The van der Waals surface area contributed by atoms with Gasteiger partial charge in [0.1, 0.15) is 0 Å². The Morgan fingerprint density at radius 3 is 2.65 bits per heavy atom. The number of ether oxygens (including phenoxy) is 2. The zero-order valence-electron chi connectivity index (χ0n) is 17.0. The van der Waals surface area contributed by atoms with E-state index in [0.29, 0.717) is 41.1 Å². The van der Waals surface area contributed by atoms with Crippen LogP contribution in [0.1, 0.15) is 16.7 Å². The van der Waals surface area contributed by atoms with Crippen LogP contribution in [-0.4, -0.2) is 24.3 Å². The minimum Gasteiger partial charge on any atom is -0.454 e. The van der Waals surface area contributed by atoms with E-state index in [2.05, 4.69) is 5.32 Å². The van der Waals surface area contributed by atoms with Gasteiger partial charge in [0.05, 0.1) is 0 Å². The van der Waals surface area contributed by atoms with Crippen molar-refractivity contribution in [2.24, 2.45) is 0 Å². The fraction of sp³-hybridized carbons (Fsp3) is 0.208. The fourth-order valence-corrected chi connectivity index (χ4v) is 3.90. The number of halogens is 2. The number of amides is 2. The normalized spacial score (nSPS) is 12.0. The Labute approximate surface area is 191 Å². The maximum atomic E-state index is 13.2. The van der Waals surface area contributed by atoms with Crippen molar-refractivity contribution in [3.8, 4) is 11.5 Å². The Hall–Kier alpha value is -2.89. The Kier molecular flexibility index (Phi) is 6.54. The smallest absolute Gasteiger partial charge is 0.322 e. The summed E-state index contributed by atoms with van der Waals surface area (Å²) in [6, 6.07) is 18.6. The Morgan fingerprint density at radius 2 is 1.84 bits per heavy atom. The molecule has 1 N–H and O–H groups in total. The highest BCUT2D eigenvalue weighted by molar-refractivity contribution is 6.35. The van der Waals surface area contributed by atoms with Crippen molar-refractivity contribution in [2.75, 3.05) is 18.7 Å². The summed E-state index contributed by atoms with van der Waals surface area (Å²) in [5.74, 6) is 1.41. The van der Waals surface area contributed by atoms with Gasteiger partial charge in [-0.1, -0.05) is 53.5 Å². The molecule has 3 aromatic carbocycles. The average molecular weight is 457 g/mol. The first-order chi connectivity index (χ1) is 15.0. The number of nitrogens with one attached hydrogen (secondary N) is 1. The topological polar surface area (TPSA) is 50.8 Å². The zero-order valence-corrected chi connectivity index (χ0v) is 18.5. The molecule has 5 nitrogen and oxygen atoms in total. The molecule has 31 heavy (non-hydrogen) atoms. The standard InChI is InChI=1S/C24H22Cl2N2O3/c1-16-4-2-3-5-21(16)27-24(29)28(11-10-18-7-8-19(25)13-20(18)26)14-17-6-9-22-23(12-17)31-15-30-22/h2-9,12-13H,10-11,14-15H2,1H3,(H,27,29). The molecule has 0 aromatic heterocycles. The maximum Gasteiger partial charge on any atom is 0.322 e. The van der Waals surface area contributed by atoms with E-state index in [9.17, 15) is 4.79 Å². The molecule has 1 aliphatic heterocycles. The van der Waals surface area contributed by atoms with Gasteiger partial charge in [0.25, 0.3) is 0 Å². The van der Waals surface area contributed by atoms with Crippen molar-refractivity contribution in [1.29, 1.82) is 0 Å². The van der Waals surface area contributed by atoms with Gasteiger partial charge in [-0.3, -0.25) is 0 Å². The molecule has 0 unspecified atom stereocenters. The minimum absolute atomic E-state index is 0.183. The summed E-state index contributed by atoms with van der Waals surface area (Å²) in [5, 5.41) is 4.20. The summed E-state index contributed by atoms with van der Waals surface area (Å²) in [7, 11) is 0. The number of anilines is 1. The molecule has 0 spiro atoms. The molecule has 0 aliphatic carbocycles. The number of rotatable bonds is 6. The molecule has 0 fully saturated rings. The summed E-state index contributed by atoms with van der Waals surface area (Å²) in [5.41, 5.74) is 3.67. The second-order valence-electron chi connectivity index (χ2n) is 7.34. The molecule has 3 aromatic rings. The SMILES string of the molecule is Cc1ccccc1NC(=O)N(CCc1ccc(Cl)cc1Cl)Cc1ccc2c(c1)OCO2. The summed E-state index contributed by atoms with van der Waals surface area (Å²) >= 11 is 12.3. The lowest BCUT2D eigenvalue weighted by Gasteiger charge is -2.24. The van der Waals surface area contributed by atoms with Crippen LogP contribution in [0.3, 0.4) is 0 Å². The largest absolute Gasteiger partial charge is 0.454 e. The van der Waals surface area contributed by atoms with Crippen molar-refractivity contribution >= 4 is 34.9 Å².